The molecule has 4 atom stereocenters. The van der Waals surface area contributed by atoms with Crippen LogP contribution in [-0.4, -0.2) is 39.1 Å². The highest BCUT2D eigenvalue weighted by atomic mass is 16.5. The first-order chi connectivity index (χ1) is 19.0. The zero-order chi connectivity index (χ0) is 27.3. The molecule has 0 aromatic heterocycles. The number of carbonyl (C=O) groups is 3. The summed E-state index contributed by atoms with van der Waals surface area (Å²) in [5.74, 6) is -0.961. The van der Waals surface area contributed by atoms with E-state index in [1.807, 2.05) is 48.5 Å². The molecule has 2 fully saturated rings. The van der Waals surface area contributed by atoms with Crippen molar-refractivity contribution in [2.75, 3.05) is 26.2 Å². The minimum atomic E-state index is -0.522. The van der Waals surface area contributed by atoms with E-state index in [0.29, 0.717) is 5.69 Å². The standard InChI is InChI=1S/C32H27NO6/c1-37-22-11-7-18(8-12-22)26(19-9-13-23(38-2)14-10-19)27-24-15-16-25(27)29-28(24)30(34)33(31(29)35)21-6-4-5-20(17-21)32(36)39-3/h4-17,24-25,28-29H,1-3H3/t24-,25-,28-,29+/m0/s1. The zero-order valence-electron chi connectivity index (χ0n) is 21.8. The first-order valence-corrected chi connectivity index (χ1v) is 12.7. The Kier molecular flexibility index (Phi) is 6.06. The second kappa shape index (κ2) is 9.58. The summed E-state index contributed by atoms with van der Waals surface area (Å²) in [6, 6.07) is 22.1. The van der Waals surface area contributed by atoms with Crippen molar-refractivity contribution in [2.24, 2.45) is 23.7 Å². The van der Waals surface area contributed by atoms with Crippen LogP contribution in [0.25, 0.3) is 5.57 Å². The van der Waals surface area contributed by atoms with E-state index in [4.69, 9.17) is 14.2 Å². The summed E-state index contributed by atoms with van der Waals surface area (Å²) in [6.07, 6.45) is 4.13. The summed E-state index contributed by atoms with van der Waals surface area (Å²) >= 11 is 0. The molecule has 0 N–H and O–H groups in total. The molecular weight excluding hydrogens is 494 g/mol. The van der Waals surface area contributed by atoms with Gasteiger partial charge in [0.1, 0.15) is 11.5 Å². The topological polar surface area (TPSA) is 82.1 Å². The van der Waals surface area contributed by atoms with Crippen LogP contribution in [0.1, 0.15) is 21.5 Å². The quantitative estimate of drug-likeness (QED) is 0.260. The lowest BCUT2D eigenvalue weighted by molar-refractivity contribution is -0.122. The smallest absolute Gasteiger partial charge is 0.337 e. The lowest BCUT2D eigenvalue weighted by Crippen LogP contribution is -2.33. The van der Waals surface area contributed by atoms with Crippen molar-refractivity contribution in [3.8, 4) is 11.5 Å². The van der Waals surface area contributed by atoms with Crippen molar-refractivity contribution < 1.29 is 28.6 Å². The number of allylic oxidation sites excluding steroid dienone is 3. The van der Waals surface area contributed by atoms with Gasteiger partial charge >= 0.3 is 5.97 Å². The van der Waals surface area contributed by atoms with Crippen molar-refractivity contribution in [1.82, 2.24) is 0 Å². The summed E-state index contributed by atoms with van der Waals surface area (Å²) in [5, 5.41) is 0. The number of benzene rings is 3. The monoisotopic (exact) mass is 521 g/mol. The van der Waals surface area contributed by atoms with Gasteiger partial charge in [-0.05, 0) is 64.7 Å². The van der Waals surface area contributed by atoms with Crippen LogP contribution < -0.4 is 14.4 Å². The van der Waals surface area contributed by atoms with E-state index in [2.05, 4.69) is 12.2 Å². The van der Waals surface area contributed by atoms with Gasteiger partial charge in [0.05, 0.1) is 44.4 Å². The van der Waals surface area contributed by atoms with Gasteiger partial charge < -0.3 is 14.2 Å². The fourth-order valence-electron chi connectivity index (χ4n) is 6.26. The minimum absolute atomic E-state index is 0.218. The number of hydrogen-bond donors (Lipinski definition) is 0. The van der Waals surface area contributed by atoms with E-state index in [-0.39, 0.29) is 29.2 Å². The molecule has 2 amide bonds. The Bertz CT molecular complexity index is 1450. The molecule has 1 saturated carbocycles. The van der Waals surface area contributed by atoms with Gasteiger partial charge in [0, 0.05) is 11.8 Å². The highest BCUT2D eigenvalue weighted by Gasteiger charge is 2.62. The van der Waals surface area contributed by atoms with Crippen LogP contribution in [0.3, 0.4) is 0 Å². The van der Waals surface area contributed by atoms with E-state index in [1.165, 1.54) is 18.1 Å². The van der Waals surface area contributed by atoms with E-state index in [9.17, 15) is 14.4 Å². The van der Waals surface area contributed by atoms with Crippen molar-refractivity contribution in [2.45, 2.75) is 0 Å². The average Bonchev–Trinajstić information content (AvgIpc) is 3.62. The molecule has 1 heterocycles. The third kappa shape index (κ3) is 3.84. The number of ether oxygens (including phenoxy) is 3. The molecule has 7 heteroatoms. The molecule has 39 heavy (non-hydrogen) atoms. The highest BCUT2D eigenvalue weighted by Crippen LogP contribution is 2.59. The number of nitrogens with zero attached hydrogens (tertiary/aromatic N) is 1. The van der Waals surface area contributed by atoms with Crippen LogP contribution in [0, 0.1) is 23.7 Å². The SMILES string of the molecule is COC(=O)c1cccc(N2C(=O)[C@@H]3[C@H](C2=O)[C@H]2C=C[C@H]3C2=C(c2ccc(OC)cc2)c2ccc(OC)cc2)c1. The first kappa shape index (κ1) is 24.7. The van der Waals surface area contributed by atoms with Crippen LogP contribution in [-0.2, 0) is 14.3 Å². The van der Waals surface area contributed by atoms with Crippen LogP contribution >= 0.6 is 0 Å². The van der Waals surface area contributed by atoms with Crippen molar-refractivity contribution >= 4 is 29.0 Å². The third-order valence-corrected chi connectivity index (χ3v) is 7.99. The van der Waals surface area contributed by atoms with Gasteiger partial charge in [-0.15, -0.1) is 0 Å². The number of fused-ring (bicyclic) bond motifs is 5. The van der Waals surface area contributed by atoms with E-state index in [1.54, 1.807) is 32.4 Å². The van der Waals surface area contributed by atoms with Gasteiger partial charge in [0.25, 0.3) is 0 Å². The third-order valence-electron chi connectivity index (χ3n) is 7.99. The van der Waals surface area contributed by atoms with Gasteiger partial charge in [-0.1, -0.05) is 42.5 Å². The Morgan fingerprint density at radius 2 is 1.21 bits per heavy atom. The summed E-state index contributed by atoms with van der Waals surface area (Å²) in [6.45, 7) is 0. The molecule has 2 bridgehead atoms. The minimum Gasteiger partial charge on any atom is -0.497 e. The molecule has 3 aliphatic rings. The maximum atomic E-state index is 13.8. The molecule has 7 nitrogen and oxygen atoms in total. The van der Waals surface area contributed by atoms with Crippen LogP contribution in [0.2, 0.25) is 0 Å². The molecule has 1 saturated heterocycles. The second-order valence-electron chi connectivity index (χ2n) is 9.83. The lowest BCUT2D eigenvalue weighted by atomic mass is 9.85. The molecule has 3 aromatic rings. The Hall–Kier alpha value is -4.65. The van der Waals surface area contributed by atoms with E-state index < -0.39 is 17.8 Å². The number of anilines is 1. The molecule has 0 unspecified atom stereocenters. The van der Waals surface area contributed by atoms with Crippen molar-refractivity contribution in [3.63, 3.8) is 0 Å². The Balaban J connectivity index is 1.44. The van der Waals surface area contributed by atoms with Crippen molar-refractivity contribution in [1.29, 1.82) is 0 Å². The molecular formula is C32H27NO6. The largest absolute Gasteiger partial charge is 0.497 e. The number of imide groups is 1. The molecule has 1 aliphatic heterocycles. The van der Waals surface area contributed by atoms with Gasteiger partial charge in [-0.3, -0.25) is 9.59 Å². The second-order valence-corrected chi connectivity index (χ2v) is 9.83. The zero-order valence-corrected chi connectivity index (χ0v) is 21.8. The fourth-order valence-corrected chi connectivity index (χ4v) is 6.26. The molecule has 0 spiro atoms. The van der Waals surface area contributed by atoms with Crippen LogP contribution in [0.15, 0.2) is 90.5 Å². The van der Waals surface area contributed by atoms with Gasteiger partial charge in [-0.2, -0.15) is 0 Å². The predicted molar refractivity (Wildman–Crippen MR) is 145 cm³/mol. The Morgan fingerprint density at radius 3 is 1.67 bits per heavy atom. The molecule has 196 valence electrons. The van der Waals surface area contributed by atoms with Crippen LogP contribution in [0.5, 0.6) is 11.5 Å². The summed E-state index contributed by atoms with van der Waals surface area (Å²) in [7, 11) is 4.56. The summed E-state index contributed by atoms with van der Waals surface area (Å²) < 4.78 is 15.6. The molecule has 2 aliphatic carbocycles. The van der Waals surface area contributed by atoms with Gasteiger partial charge in [0.2, 0.25) is 11.8 Å². The number of esters is 1. The van der Waals surface area contributed by atoms with E-state index >= 15 is 0 Å². The number of methoxy groups -OCH3 is 3. The number of hydrogen-bond acceptors (Lipinski definition) is 6. The van der Waals surface area contributed by atoms with Gasteiger partial charge in [0.15, 0.2) is 0 Å². The predicted octanol–water partition coefficient (Wildman–Crippen LogP) is 4.91. The van der Waals surface area contributed by atoms with Crippen LogP contribution in [0.4, 0.5) is 5.69 Å². The highest BCUT2D eigenvalue weighted by molar-refractivity contribution is 6.23. The Morgan fingerprint density at radius 1 is 0.692 bits per heavy atom. The van der Waals surface area contributed by atoms with Crippen molar-refractivity contribution in [3.05, 3.63) is 107 Å². The molecule has 3 aromatic carbocycles. The van der Waals surface area contributed by atoms with E-state index in [0.717, 1.165) is 33.8 Å². The number of amides is 2. The maximum absolute atomic E-state index is 13.8. The molecule has 0 radical (unpaired) electrons. The van der Waals surface area contributed by atoms with Gasteiger partial charge in [-0.25, -0.2) is 9.69 Å². The summed E-state index contributed by atoms with van der Waals surface area (Å²) in [5.41, 5.74) is 4.72. The normalized spacial score (nSPS) is 22.7. The Labute approximate surface area is 226 Å². The lowest BCUT2D eigenvalue weighted by Gasteiger charge is -2.22. The average molecular weight is 522 g/mol. The summed E-state index contributed by atoms with van der Waals surface area (Å²) in [4.78, 5) is 41.0. The number of carbonyl (C=O) groups excluding carboxylic acids is 3. The first-order valence-electron chi connectivity index (χ1n) is 12.7. The molecule has 6 rings (SSSR count). The number of rotatable bonds is 6. The maximum Gasteiger partial charge on any atom is 0.337 e. The fraction of sp³-hybridized carbons (Fsp3) is 0.219.